The predicted octanol–water partition coefficient (Wildman–Crippen LogP) is 5.53. The monoisotopic (exact) mass is 366 g/mol. The Morgan fingerprint density at radius 3 is 2.56 bits per heavy atom. The quantitative estimate of drug-likeness (QED) is 0.517. The lowest BCUT2D eigenvalue weighted by Crippen LogP contribution is -2.09. The van der Waals surface area contributed by atoms with Crippen molar-refractivity contribution in [1.82, 2.24) is 9.97 Å². The van der Waals surface area contributed by atoms with Gasteiger partial charge in [-0.1, -0.05) is 54.9 Å². The van der Waals surface area contributed by atoms with Gasteiger partial charge in [-0.25, -0.2) is 4.98 Å². The molecule has 0 atom stereocenters. The minimum absolute atomic E-state index is 0.143. The summed E-state index contributed by atoms with van der Waals surface area (Å²) in [5, 5.41) is 3.19. The maximum atomic E-state index is 12.7. The van der Waals surface area contributed by atoms with Crippen LogP contribution in [0.5, 0.6) is 0 Å². The zero-order valence-corrected chi connectivity index (χ0v) is 15.1. The van der Waals surface area contributed by atoms with Crippen molar-refractivity contribution in [3.05, 3.63) is 74.9 Å². The molecule has 4 rings (SSSR count). The highest BCUT2D eigenvalue weighted by Gasteiger charge is 2.14. The van der Waals surface area contributed by atoms with E-state index in [4.69, 9.17) is 11.6 Å². The molecule has 0 spiro atoms. The first-order valence-electron chi connectivity index (χ1n) is 8.03. The predicted molar refractivity (Wildman–Crippen MR) is 106 cm³/mol. The summed E-state index contributed by atoms with van der Waals surface area (Å²) in [6, 6.07) is 15.7. The lowest BCUT2D eigenvalue weighted by molar-refractivity contribution is 1.14. The molecular weight excluding hydrogens is 352 g/mol. The Bertz CT molecular complexity index is 1110. The van der Waals surface area contributed by atoms with Crippen molar-refractivity contribution in [2.75, 3.05) is 0 Å². The molecule has 0 fully saturated rings. The highest BCUT2D eigenvalue weighted by Crippen LogP contribution is 2.32. The molecular formula is C20H15ClN2OS. The van der Waals surface area contributed by atoms with Gasteiger partial charge in [-0.3, -0.25) is 4.79 Å². The van der Waals surface area contributed by atoms with Gasteiger partial charge in [-0.05, 0) is 29.7 Å². The number of aromatic amines is 1. The zero-order chi connectivity index (χ0) is 17.4. The summed E-state index contributed by atoms with van der Waals surface area (Å²) >= 11 is 7.71. The van der Waals surface area contributed by atoms with Crippen LogP contribution in [-0.2, 0) is 6.42 Å². The number of hydrogen-bond acceptors (Lipinski definition) is 3. The van der Waals surface area contributed by atoms with Crippen LogP contribution in [0, 0.1) is 0 Å². The Morgan fingerprint density at radius 2 is 1.84 bits per heavy atom. The topological polar surface area (TPSA) is 45.8 Å². The number of hydrogen-bond donors (Lipinski definition) is 1. The van der Waals surface area contributed by atoms with E-state index in [-0.39, 0.29) is 5.56 Å². The van der Waals surface area contributed by atoms with Gasteiger partial charge in [0, 0.05) is 16.5 Å². The van der Waals surface area contributed by atoms with Crippen LogP contribution in [0.15, 0.2) is 58.7 Å². The summed E-state index contributed by atoms with van der Waals surface area (Å²) < 4.78 is 0. The van der Waals surface area contributed by atoms with Crippen LogP contribution < -0.4 is 5.56 Å². The van der Waals surface area contributed by atoms with E-state index in [0.29, 0.717) is 21.1 Å². The molecule has 0 unspecified atom stereocenters. The highest BCUT2D eigenvalue weighted by molar-refractivity contribution is 7.17. The molecule has 0 saturated carbocycles. The molecule has 0 amide bonds. The molecule has 4 aromatic rings. The first-order valence-corrected chi connectivity index (χ1v) is 9.29. The van der Waals surface area contributed by atoms with E-state index in [9.17, 15) is 4.79 Å². The third kappa shape index (κ3) is 2.88. The average molecular weight is 367 g/mol. The smallest absolute Gasteiger partial charge is 0.260 e. The van der Waals surface area contributed by atoms with Crippen LogP contribution in [0.4, 0.5) is 0 Å². The van der Waals surface area contributed by atoms with Crippen LogP contribution in [0.3, 0.4) is 0 Å². The minimum atomic E-state index is -0.143. The van der Waals surface area contributed by atoms with Crippen LogP contribution in [0.2, 0.25) is 5.02 Å². The van der Waals surface area contributed by atoms with Gasteiger partial charge in [-0.2, -0.15) is 0 Å². The van der Waals surface area contributed by atoms with Gasteiger partial charge in [0.05, 0.1) is 10.4 Å². The molecule has 0 bridgehead atoms. The molecule has 5 heteroatoms. The number of fused-ring (bicyclic) bond motifs is 1. The number of halogens is 1. The van der Waals surface area contributed by atoms with E-state index >= 15 is 0 Å². The summed E-state index contributed by atoms with van der Waals surface area (Å²) in [6.07, 6.45) is 0.994. The first kappa shape index (κ1) is 16.1. The molecule has 0 saturated heterocycles. The molecule has 3 nitrogen and oxygen atoms in total. The van der Waals surface area contributed by atoms with Crippen LogP contribution >= 0.6 is 22.9 Å². The Kier molecular flexibility index (Phi) is 4.15. The van der Waals surface area contributed by atoms with Crippen molar-refractivity contribution in [1.29, 1.82) is 0 Å². The molecule has 0 aliphatic heterocycles. The van der Waals surface area contributed by atoms with Gasteiger partial charge in [-0.15, -0.1) is 11.3 Å². The van der Waals surface area contributed by atoms with Gasteiger partial charge in [0.2, 0.25) is 0 Å². The van der Waals surface area contributed by atoms with Crippen molar-refractivity contribution in [2.24, 2.45) is 0 Å². The second kappa shape index (κ2) is 6.47. The van der Waals surface area contributed by atoms with Gasteiger partial charge < -0.3 is 4.98 Å². The van der Waals surface area contributed by atoms with Crippen molar-refractivity contribution < 1.29 is 0 Å². The van der Waals surface area contributed by atoms with Gasteiger partial charge in [0.25, 0.3) is 5.56 Å². The van der Waals surface area contributed by atoms with Gasteiger partial charge in [0.15, 0.2) is 0 Å². The molecule has 1 N–H and O–H groups in total. The van der Waals surface area contributed by atoms with E-state index in [1.54, 1.807) is 6.07 Å². The maximum Gasteiger partial charge on any atom is 0.260 e. The number of rotatable bonds is 3. The van der Waals surface area contributed by atoms with E-state index in [1.165, 1.54) is 16.9 Å². The summed E-state index contributed by atoms with van der Waals surface area (Å²) in [5.74, 6) is 0.498. The lowest BCUT2D eigenvalue weighted by atomic mass is 10.0. The third-order valence-corrected chi connectivity index (χ3v) is 5.45. The Hall–Kier alpha value is -2.43. The second-order valence-corrected chi connectivity index (χ2v) is 7.04. The largest absolute Gasteiger partial charge is 0.306 e. The Balaban J connectivity index is 1.87. The zero-order valence-electron chi connectivity index (χ0n) is 13.5. The number of H-pyrrole nitrogens is 1. The Morgan fingerprint density at radius 1 is 1.08 bits per heavy atom. The van der Waals surface area contributed by atoms with Gasteiger partial charge >= 0.3 is 0 Å². The molecule has 0 radical (unpaired) electrons. The van der Waals surface area contributed by atoms with E-state index in [1.807, 2.05) is 23.6 Å². The number of thiophene rings is 1. The first-order chi connectivity index (χ1) is 12.2. The van der Waals surface area contributed by atoms with Crippen molar-refractivity contribution >= 4 is 33.2 Å². The Labute approximate surface area is 154 Å². The minimum Gasteiger partial charge on any atom is -0.306 e. The molecule has 0 aliphatic rings. The fourth-order valence-electron chi connectivity index (χ4n) is 2.86. The number of nitrogens with one attached hydrogen (secondary N) is 1. The number of benzene rings is 2. The van der Waals surface area contributed by atoms with Crippen molar-refractivity contribution in [2.45, 2.75) is 13.3 Å². The van der Waals surface area contributed by atoms with Crippen LogP contribution in [-0.4, -0.2) is 9.97 Å². The second-order valence-electron chi connectivity index (χ2n) is 5.77. The lowest BCUT2D eigenvalue weighted by Gasteiger charge is -2.04. The average Bonchev–Trinajstić information content (AvgIpc) is 3.07. The molecule has 2 aromatic heterocycles. The number of nitrogens with zero attached hydrogens (tertiary/aromatic N) is 1. The van der Waals surface area contributed by atoms with Crippen molar-refractivity contribution in [3.8, 4) is 22.5 Å². The summed E-state index contributed by atoms with van der Waals surface area (Å²) in [4.78, 5) is 21.0. The van der Waals surface area contributed by atoms with E-state index in [2.05, 4.69) is 41.2 Å². The third-order valence-electron chi connectivity index (χ3n) is 4.25. The standard InChI is InChI=1S/C20H15ClN2OS/c1-2-12-7-9-13(10-8-12)15-11-25-20-17(15)19(24)22-18(23-20)14-5-3-4-6-16(14)21/h3-11H,2H2,1H3,(H,22,23,24). The van der Waals surface area contributed by atoms with E-state index in [0.717, 1.165) is 23.1 Å². The molecule has 124 valence electrons. The molecule has 0 aliphatic carbocycles. The summed E-state index contributed by atoms with van der Waals surface area (Å²) in [5.41, 5.74) is 3.81. The fourth-order valence-corrected chi connectivity index (χ4v) is 4.04. The van der Waals surface area contributed by atoms with Crippen LogP contribution in [0.25, 0.3) is 32.7 Å². The molecule has 2 aromatic carbocycles. The van der Waals surface area contributed by atoms with Gasteiger partial charge in [0.1, 0.15) is 10.7 Å². The number of aryl methyl sites for hydroxylation is 1. The van der Waals surface area contributed by atoms with Crippen molar-refractivity contribution in [3.63, 3.8) is 0 Å². The molecule has 25 heavy (non-hydrogen) atoms. The maximum absolute atomic E-state index is 12.7. The van der Waals surface area contributed by atoms with E-state index < -0.39 is 0 Å². The van der Waals surface area contributed by atoms with Crippen LogP contribution in [0.1, 0.15) is 12.5 Å². The molecule has 2 heterocycles. The summed E-state index contributed by atoms with van der Waals surface area (Å²) in [6.45, 7) is 2.12. The highest BCUT2D eigenvalue weighted by atomic mass is 35.5. The fraction of sp³-hybridized carbons (Fsp3) is 0.100. The summed E-state index contributed by atoms with van der Waals surface area (Å²) in [7, 11) is 0. The SMILES string of the molecule is CCc1ccc(-c2csc3nc(-c4ccccc4Cl)[nH]c(=O)c23)cc1. The number of aromatic nitrogens is 2. The normalized spacial score (nSPS) is 11.1.